The Morgan fingerprint density at radius 3 is 2.50 bits per heavy atom. The van der Waals surface area contributed by atoms with Gasteiger partial charge < -0.3 is 5.32 Å². The summed E-state index contributed by atoms with van der Waals surface area (Å²) in [6.45, 7) is 4.18. The lowest BCUT2D eigenvalue weighted by molar-refractivity contribution is -0.120. The van der Waals surface area contributed by atoms with E-state index in [1.54, 1.807) is 0 Å². The number of hydrogen-bond acceptors (Lipinski definition) is 3. The number of nitrogens with zero attached hydrogens (tertiary/aromatic N) is 1. The lowest BCUT2D eigenvalue weighted by Crippen LogP contribution is -2.23. The van der Waals surface area contributed by atoms with E-state index in [1.165, 1.54) is 0 Å². The van der Waals surface area contributed by atoms with Crippen molar-refractivity contribution in [2.75, 3.05) is 5.32 Å². The number of aliphatic imine (C=N–C) groups is 1. The number of para-hydroxylation sites is 2. The molecule has 0 unspecified atom stereocenters. The predicted octanol–water partition coefficient (Wildman–Crippen LogP) is 5.12. The van der Waals surface area contributed by atoms with Crippen molar-refractivity contribution in [3.8, 4) is 0 Å². The van der Waals surface area contributed by atoms with Crippen molar-refractivity contribution in [1.29, 1.82) is 0 Å². The van der Waals surface area contributed by atoms with E-state index in [0.717, 1.165) is 22.6 Å². The van der Waals surface area contributed by atoms with Gasteiger partial charge in [0.1, 0.15) is 5.78 Å². The van der Waals surface area contributed by atoms with Crippen LogP contribution in [-0.4, -0.2) is 12.0 Å². The molecule has 1 aliphatic rings. The first-order valence-corrected chi connectivity index (χ1v) is 8.20. The summed E-state index contributed by atoms with van der Waals surface area (Å²) in [5.41, 5.74) is 3.69. The Morgan fingerprint density at radius 2 is 1.75 bits per heavy atom. The zero-order valence-corrected chi connectivity index (χ0v) is 14.1. The predicted molar refractivity (Wildman–Crippen MR) is 99.9 cm³/mol. The number of carbonyl (C=O) groups excluding carboxylic acids is 1. The molecule has 122 valence electrons. The van der Waals surface area contributed by atoms with Crippen LogP contribution in [0.4, 0.5) is 11.4 Å². The number of allylic oxidation sites excluding steroid dienone is 2. The van der Waals surface area contributed by atoms with Crippen molar-refractivity contribution in [1.82, 2.24) is 0 Å². The van der Waals surface area contributed by atoms with Gasteiger partial charge >= 0.3 is 0 Å². The average molecular weight is 318 g/mol. The van der Waals surface area contributed by atoms with E-state index in [-0.39, 0.29) is 11.2 Å². The summed E-state index contributed by atoms with van der Waals surface area (Å²) in [6, 6.07) is 17.9. The molecule has 0 saturated heterocycles. The fraction of sp³-hybridized carbons (Fsp3) is 0.238. The largest absolute Gasteiger partial charge is 0.357 e. The Hall–Kier alpha value is -2.68. The van der Waals surface area contributed by atoms with E-state index < -0.39 is 0 Å². The summed E-state index contributed by atoms with van der Waals surface area (Å²) in [7, 11) is 0. The monoisotopic (exact) mass is 318 g/mol. The molecule has 0 fully saturated rings. The highest BCUT2D eigenvalue weighted by atomic mass is 16.1. The third-order valence-corrected chi connectivity index (χ3v) is 3.96. The van der Waals surface area contributed by atoms with Crippen molar-refractivity contribution in [3.05, 3.63) is 71.9 Å². The summed E-state index contributed by atoms with van der Waals surface area (Å²) in [4.78, 5) is 16.6. The molecule has 1 aliphatic carbocycles. The van der Waals surface area contributed by atoms with Crippen LogP contribution in [0.1, 0.15) is 32.3 Å². The molecule has 3 rings (SSSR count). The molecule has 0 bridgehead atoms. The molecule has 0 spiro atoms. The molecule has 0 radical (unpaired) electrons. The number of nitrogens with one attached hydrogen (secondary N) is 1. The lowest BCUT2D eigenvalue weighted by atomic mass is 9.81. The maximum Gasteiger partial charge on any atom is 0.139 e. The summed E-state index contributed by atoms with van der Waals surface area (Å²) in [6.07, 6.45) is 5.07. The Balaban J connectivity index is 1.83. The molecule has 3 nitrogen and oxygen atoms in total. The van der Waals surface area contributed by atoms with Gasteiger partial charge in [-0.2, -0.15) is 0 Å². The van der Waals surface area contributed by atoms with E-state index in [1.807, 2.05) is 60.8 Å². The number of hydrogen-bond donors (Lipinski definition) is 1. The van der Waals surface area contributed by atoms with Crippen molar-refractivity contribution < 1.29 is 4.79 Å². The van der Waals surface area contributed by atoms with Gasteiger partial charge in [-0.3, -0.25) is 9.79 Å². The molecule has 0 aliphatic heterocycles. The third-order valence-electron chi connectivity index (χ3n) is 3.96. The maximum atomic E-state index is 12.0. The number of rotatable bonds is 4. The molecule has 0 aromatic heterocycles. The number of carbonyl (C=O) groups is 1. The molecule has 1 N–H and O–H groups in total. The minimum Gasteiger partial charge on any atom is -0.357 e. The molecule has 3 heteroatoms. The average Bonchev–Trinajstić information content (AvgIpc) is 2.53. The quantitative estimate of drug-likeness (QED) is 0.795. The lowest BCUT2D eigenvalue weighted by Gasteiger charge is -2.27. The Kier molecular flexibility index (Phi) is 4.61. The Bertz CT molecular complexity index is 788. The van der Waals surface area contributed by atoms with E-state index in [9.17, 15) is 4.79 Å². The van der Waals surface area contributed by atoms with Crippen LogP contribution in [0.2, 0.25) is 0 Å². The van der Waals surface area contributed by atoms with Gasteiger partial charge in [0, 0.05) is 24.8 Å². The van der Waals surface area contributed by atoms with Crippen LogP contribution < -0.4 is 5.32 Å². The minimum absolute atomic E-state index is 0.0973. The normalized spacial score (nSPS) is 16.9. The minimum atomic E-state index is -0.0973. The first-order chi connectivity index (χ1) is 11.5. The van der Waals surface area contributed by atoms with Gasteiger partial charge in [0.05, 0.1) is 11.4 Å². The highest BCUT2D eigenvalue weighted by Gasteiger charge is 2.26. The second-order valence-electron chi connectivity index (χ2n) is 6.86. The fourth-order valence-electron chi connectivity index (χ4n) is 2.99. The molecule has 0 amide bonds. The van der Waals surface area contributed by atoms with E-state index in [2.05, 4.69) is 30.2 Å². The third kappa shape index (κ3) is 4.19. The standard InChI is InChI=1S/C21H22N2O/c1-21(2)13-17(12-18(24)14-21)23-20-11-7-6-10-19(20)22-15-16-8-4-3-5-9-16/h3-11,13,15,23H,12,14H2,1-2H3. The number of anilines is 1. The Morgan fingerprint density at radius 1 is 1.04 bits per heavy atom. The Labute approximate surface area is 143 Å². The van der Waals surface area contributed by atoms with Gasteiger partial charge in [-0.1, -0.05) is 62.4 Å². The molecule has 24 heavy (non-hydrogen) atoms. The maximum absolute atomic E-state index is 12.0. The molecule has 0 saturated carbocycles. The first kappa shape index (κ1) is 16.2. The van der Waals surface area contributed by atoms with E-state index >= 15 is 0 Å². The summed E-state index contributed by atoms with van der Waals surface area (Å²) < 4.78 is 0. The second-order valence-corrected chi connectivity index (χ2v) is 6.86. The van der Waals surface area contributed by atoms with Crippen LogP contribution in [0.25, 0.3) is 0 Å². The molecular weight excluding hydrogens is 296 g/mol. The van der Waals surface area contributed by atoms with Gasteiger partial charge in [-0.25, -0.2) is 0 Å². The summed E-state index contributed by atoms with van der Waals surface area (Å²) in [5.74, 6) is 0.273. The van der Waals surface area contributed by atoms with Gasteiger partial charge in [0.25, 0.3) is 0 Å². The topological polar surface area (TPSA) is 41.5 Å². The zero-order chi connectivity index (χ0) is 17.0. The highest BCUT2D eigenvalue weighted by Crippen LogP contribution is 2.33. The van der Waals surface area contributed by atoms with Gasteiger partial charge in [0.2, 0.25) is 0 Å². The fourth-order valence-corrected chi connectivity index (χ4v) is 2.99. The molecule has 0 heterocycles. The van der Waals surface area contributed by atoms with Gasteiger partial charge in [-0.05, 0) is 23.1 Å². The van der Waals surface area contributed by atoms with Crippen molar-refractivity contribution in [2.45, 2.75) is 26.7 Å². The van der Waals surface area contributed by atoms with Crippen LogP contribution in [0.5, 0.6) is 0 Å². The van der Waals surface area contributed by atoms with Crippen LogP contribution in [0.3, 0.4) is 0 Å². The molecule has 0 atom stereocenters. The summed E-state index contributed by atoms with van der Waals surface area (Å²) >= 11 is 0. The van der Waals surface area contributed by atoms with Crippen LogP contribution in [0.15, 0.2) is 71.4 Å². The van der Waals surface area contributed by atoms with E-state index in [0.29, 0.717) is 12.8 Å². The van der Waals surface area contributed by atoms with Gasteiger partial charge in [-0.15, -0.1) is 0 Å². The summed E-state index contributed by atoms with van der Waals surface area (Å²) in [5, 5.41) is 3.40. The van der Waals surface area contributed by atoms with E-state index in [4.69, 9.17) is 0 Å². The van der Waals surface area contributed by atoms with Crippen molar-refractivity contribution >= 4 is 23.4 Å². The van der Waals surface area contributed by atoms with Crippen LogP contribution >= 0.6 is 0 Å². The first-order valence-electron chi connectivity index (χ1n) is 8.20. The van der Waals surface area contributed by atoms with Crippen molar-refractivity contribution in [2.24, 2.45) is 10.4 Å². The van der Waals surface area contributed by atoms with Crippen LogP contribution in [-0.2, 0) is 4.79 Å². The van der Waals surface area contributed by atoms with Gasteiger partial charge in [0.15, 0.2) is 0 Å². The SMILES string of the molecule is CC1(C)C=C(Nc2ccccc2N=Cc2ccccc2)CC(=O)C1. The number of ketones is 1. The van der Waals surface area contributed by atoms with Crippen LogP contribution in [0, 0.1) is 5.41 Å². The molecular formula is C21H22N2O. The molecule has 2 aromatic carbocycles. The van der Waals surface area contributed by atoms with Crippen molar-refractivity contribution in [3.63, 3.8) is 0 Å². The number of benzene rings is 2. The highest BCUT2D eigenvalue weighted by molar-refractivity contribution is 5.86. The molecule has 2 aromatic rings. The smallest absolute Gasteiger partial charge is 0.139 e. The zero-order valence-electron chi connectivity index (χ0n) is 14.1. The second kappa shape index (κ2) is 6.83. The number of Topliss-reactive ketones (excluding diaryl/α,β-unsaturated/α-hetero) is 1.